The van der Waals surface area contributed by atoms with E-state index in [1.807, 2.05) is 13.0 Å². The molecule has 92 valence electrons. The van der Waals surface area contributed by atoms with Crippen LogP contribution in [0.3, 0.4) is 0 Å². The van der Waals surface area contributed by atoms with Gasteiger partial charge in [-0.05, 0) is 37.3 Å². The van der Waals surface area contributed by atoms with Crippen molar-refractivity contribution < 1.29 is 9.52 Å². The zero-order valence-corrected chi connectivity index (χ0v) is 10.4. The number of aliphatic hydroxyl groups excluding tert-OH is 1. The highest BCUT2D eigenvalue weighted by molar-refractivity contribution is 5.18. The van der Waals surface area contributed by atoms with Gasteiger partial charge in [-0.25, -0.2) is 0 Å². The molecule has 0 bridgehead atoms. The Morgan fingerprint density at radius 1 is 1.65 bits per heavy atom. The van der Waals surface area contributed by atoms with Crippen molar-refractivity contribution in [3.8, 4) is 6.07 Å². The van der Waals surface area contributed by atoms with Crippen molar-refractivity contribution in [2.45, 2.75) is 45.6 Å². The van der Waals surface area contributed by atoms with Gasteiger partial charge in [0.05, 0.1) is 11.5 Å². The zero-order chi connectivity index (χ0) is 12.5. The van der Waals surface area contributed by atoms with Crippen molar-refractivity contribution in [2.24, 2.45) is 11.3 Å². The number of aliphatic hydroxyl groups is 1. The second kappa shape index (κ2) is 4.54. The summed E-state index contributed by atoms with van der Waals surface area (Å²) in [5.74, 6) is 1.90. The van der Waals surface area contributed by atoms with Crippen LogP contribution in [-0.4, -0.2) is 5.11 Å². The highest BCUT2D eigenvalue weighted by atomic mass is 16.4. The molecule has 2 rings (SSSR count). The highest BCUT2D eigenvalue weighted by Gasteiger charge is 2.45. The van der Waals surface area contributed by atoms with Gasteiger partial charge in [0, 0.05) is 6.42 Å². The van der Waals surface area contributed by atoms with Crippen LogP contribution in [0.2, 0.25) is 0 Å². The molecule has 1 N–H and O–H groups in total. The van der Waals surface area contributed by atoms with E-state index >= 15 is 0 Å². The number of nitrogens with zero attached hydrogens (tertiary/aromatic N) is 1. The molecule has 0 saturated heterocycles. The van der Waals surface area contributed by atoms with Gasteiger partial charge in [-0.3, -0.25) is 0 Å². The van der Waals surface area contributed by atoms with Crippen LogP contribution in [0.25, 0.3) is 0 Å². The summed E-state index contributed by atoms with van der Waals surface area (Å²) in [7, 11) is 0. The summed E-state index contributed by atoms with van der Waals surface area (Å²) in [4.78, 5) is 0. The molecule has 3 nitrogen and oxygen atoms in total. The summed E-state index contributed by atoms with van der Waals surface area (Å²) in [5, 5.41) is 19.8. The lowest BCUT2D eigenvalue weighted by atomic mass is 9.80. The van der Waals surface area contributed by atoms with Gasteiger partial charge in [-0.15, -0.1) is 0 Å². The summed E-state index contributed by atoms with van der Waals surface area (Å²) >= 11 is 0. The van der Waals surface area contributed by atoms with Gasteiger partial charge in [0.2, 0.25) is 0 Å². The first-order valence-corrected chi connectivity index (χ1v) is 6.29. The first kappa shape index (κ1) is 12.2. The number of hydrogen-bond donors (Lipinski definition) is 1. The third kappa shape index (κ3) is 2.10. The van der Waals surface area contributed by atoms with E-state index in [1.54, 1.807) is 6.07 Å². The quantitative estimate of drug-likeness (QED) is 0.872. The highest BCUT2D eigenvalue weighted by Crippen LogP contribution is 2.49. The maximum atomic E-state index is 10.4. The minimum Gasteiger partial charge on any atom is -0.463 e. The number of hydrogen-bond acceptors (Lipinski definition) is 3. The molecular formula is C14H19NO2. The predicted octanol–water partition coefficient (Wildman–Crippen LogP) is 3.21. The van der Waals surface area contributed by atoms with Gasteiger partial charge in [0.1, 0.15) is 17.6 Å². The summed E-state index contributed by atoms with van der Waals surface area (Å²) < 4.78 is 5.57. The molecule has 0 aromatic carbocycles. The van der Waals surface area contributed by atoms with Crippen LogP contribution in [0.4, 0.5) is 0 Å². The van der Waals surface area contributed by atoms with Crippen LogP contribution in [0.5, 0.6) is 0 Å². The molecule has 0 spiro atoms. The number of nitriles is 1. The average molecular weight is 233 g/mol. The fourth-order valence-corrected chi connectivity index (χ4v) is 2.74. The fraction of sp³-hybridized carbons (Fsp3) is 0.643. The molecule has 3 atom stereocenters. The number of rotatable bonds is 3. The Morgan fingerprint density at radius 3 is 2.88 bits per heavy atom. The maximum absolute atomic E-state index is 10.4. The Kier molecular flexibility index (Phi) is 3.26. The normalized spacial score (nSPS) is 30.1. The third-order valence-corrected chi connectivity index (χ3v) is 3.84. The Morgan fingerprint density at radius 2 is 2.41 bits per heavy atom. The Labute approximate surface area is 102 Å². The van der Waals surface area contributed by atoms with Crippen LogP contribution in [-0.2, 0) is 6.42 Å². The average Bonchev–Trinajstić information content (AvgIpc) is 2.95. The second-order valence-electron chi connectivity index (χ2n) is 5.18. The van der Waals surface area contributed by atoms with E-state index in [0.29, 0.717) is 11.7 Å². The molecule has 0 aliphatic heterocycles. The fourth-order valence-electron chi connectivity index (χ4n) is 2.74. The van der Waals surface area contributed by atoms with E-state index < -0.39 is 11.5 Å². The number of furan rings is 1. The van der Waals surface area contributed by atoms with Crippen LogP contribution in [0, 0.1) is 22.7 Å². The summed E-state index contributed by atoms with van der Waals surface area (Å²) in [6.45, 7) is 4.14. The number of aryl methyl sites for hydroxylation is 1. The van der Waals surface area contributed by atoms with E-state index in [-0.39, 0.29) is 0 Å². The lowest BCUT2D eigenvalue weighted by Gasteiger charge is -2.25. The summed E-state index contributed by atoms with van der Waals surface area (Å²) in [5.41, 5.74) is -0.651. The van der Waals surface area contributed by atoms with Crippen molar-refractivity contribution in [1.29, 1.82) is 5.26 Å². The zero-order valence-electron chi connectivity index (χ0n) is 10.4. The van der Waals surface area contributed by atoms with Crippen LogP contribution in [0.15, 0.2) is 16.5 Å². The summed E-state index contributed by atoms with van der Waals surface area (Å²) in [6, 6.07) is 6.00. The molecule has 3 heteroatoms. The van der Waals surface area contributed by atoms with Crippen LogP contribution >= 0.6 is 0 Å². The molecule has 0 radical (unpaired) electrons. The van der Waals surface area contributed by atoms with Crippen LogP contribution in [0.1, 0.15) is 50.7 Å². The second-order valence-corrected chi connectivity index (χ2v) is 5.18. The smallest absolute Gasteiger partial charge is 0.134 e. The SMILES string of the molecule is CCc1ccc(C(O)C2(C#N)CCC(C)C2)o1. The van der Waals surface area contributed by atoms with Crippen molar-refractivity contribution in [1.82, 2.24) is 0 Å². The molecule has 1 heterocycles. The van der Waals surface area contributed by atoms with E-state index in [0.717, 1.165) is 31.4 Å². The standard InChI is InChI=1S/C14H19NO2/c1-3-11-4-5-12(17-11)13(16)14(9-15)7-6-10(2)8-14/h4-5,10,13,16H,3,6-8H2,1-2H3. The molecule has 1 aliphatic rings. The van der Waals surface area contributed by atoms with Crippen molar-refractivity contribution in [3.05, 3.63) is 23.7 Å². The summed E-state index contributed by atoms with van der Waals surface area (Å²) in [6.07, 6.45) is 2.54. The van der Waals surface area contributed by atoms with Gasteiger partial charge in [-0.1, -0.05) is 13.8 Å². The molecule has 1 aromatic rings. The molecule has 17 heavy (non-hydrogen) atoms. The Balaban J connectivity index is 2.24. The molecule has 0 amide bonds. The molecule has 1 aromatic heterocycles. The van der Waals surface area contributed by atoms with Crippen molar-refractivity contribution >= 4 is 0 Å². The first-order chi connectivity index (χ1) is 8.11. The monoisotopic (exact) mass is 233 g/mol. The third-order valence-electron chi connectivity index (χ3n) is 3.84. The van der Waals surface area contributed by atoms with Crippen LogP contribution < -0.4 is 0 Å². The molecule has 1 saturated carbocycles. The van der Waals surface area contributed by atoms with Crippen molar-refractivity contribution in [2.75, 3.05) is 0 Å². The van der Waals surface area contributed by atoms with E-state index in [2.05, 4.69) is 13.0 Å². The van der Waals surface area contributed by atoms with E-state index in [4.69, 9.17) is 4.42 Å². The van der Waals surface area contributed by atoms with E-state index in [9.17, 15) is 10.4 Å². The minimum absolute atomic E-state index is 0.505. The largest absolute Gasteiger partial charge is 0.463 e. The lowest BCUT2D eigenvalue weighted by molar-refractivity contribution is 0.0447. The van der Waals surface area contributed by atoms with Gasteiger partial charge in [0.15, 0.2) is 0 Å². The van der Waals surface area contributed by atoms with Crippen molar-refractivity contribution in [3.63, 3.8) is 0 Å². The van der Waals surface area contributed by atoms with E-state index in [1.165, 1.54) is 0 Å². The van der Waals surface area contributed by atoms with Gasteiger partial charge in [-0.2, -0.15) is 5.26 Å². The van der Waals surface area contributed by atoms with Gasteiger partial charge in [0.25, 0.3) is 0 Å². The molecule has 1 fully saturated rings. The Hall–Kier alpha value is -1.27. The Bertz CT molecular complexity index is 432. The molecular weight excluding hydrogens is 214 g/mol. The maximum Gasteiger partial charge on any atom is 0.134 e. The van der Waals surface area contributed by atoms with Gasteiger partial charge < -0.3 is 9.52 Å². The topological polar surface area (TPSA) is 57.2 Å². The lowest BCUT2D eigenvalue weighted by Crippen LogP contribution is -2.24. The molecule has 1 aliphatic carbocycles. The molecule has 3 unspecified atom stereocenters. The predicted molar refractivity (Wildman–Crippen MR) is 64.1 cm³/mol. The minimum atomic E-state index is -0.794. The van der Waals surface area contributed by atoms with Gasteiger partial charge >= 0.3 is 0 Å². The first-order valence-electron chi connectivity index (χ1n) is 6.29.